The van der Waals surface area contributed by atoms with E-state index in [-0.39, 0.29) is 11.4 Å². The molecule has 0 aliphatic carbocycles. The molecule has 29 heavy (non-hydrogen) atoms. The van der Waals surface area contributed by atoms with Crippen molar-refractivity contribution in [2.75, 3.05) is 10.2 Å². The number of urea groups is 1. The number of nitrogens with one attached hydrogen (secondary N) is 1. The topological polar surface area (TPSA) is 32.3 Å². The minimum atomic E-state index is -0.122. The van der Waals surface area contributed by atoms with Crippen molar-refractivity contribution in [1.29, 1.82) is 0 Å². The van der Waals surface area contributed by atoms with Crippen LogP contribution in [-0.2, 0) is 12.0 Å². The molecule has 0 fully saturated rings. The standard InChI is InChI=1S/C26H30N2O/c1-19-12-11-13-20(2)24(19)28(18-21-14-7-6-8-15-21)25(29)27-23-17-10-9-16-22(23)26(3,4)5/h6-17H,18H2,1-5H3,(H,27,29). The summed E-state index contributed by atoms with van der Waals surface area (Å²) in [4.78, 5) is 15.4. The van der Waals surface area contributed by atoms with Crippen LogP contribution in [0.4, 0.5) is 16.2 Å². The fourth-order valence-corrected chi connectivity index (χ4v) is 3.68. The summed E-state index contributed by atoms with van der Waals surface area (Å²) in [6.07, 6.45) is 0. The number of rotatable bonds is 4. The number of carbonyl (C=O) groups is 1. The number of hydrogen-bond acceptors (Lipinski definition) is 1. The zero-order chi connectivity index (χ0) is 21.0. The number of hydrogen-bond donors (Lipinski definition) is 1. The number of anilines is 2. The molecule has 0 bridgehead atoms. The van der Waals surface area contributed by atoms with Gasteiger partial charge < -0.3 is 5.32 Å². The average molecular weight is 387 g/mol. The van der Waals surface area contributed by atoms with Gasteiger partial charge in [-0.25, -0.2) is 4.79 Å². The van der Waals surface area contributed by atoms with E-state index in [1.165, 1.54) is 0 Å². The van der Waals surface area contributed by atoms with E-state index in [1.807, 2.05) is 47.4 Å². The van der Waals surface area contributed by atoms with E-state index in [9.17, 15) is 4.79 Å². The van der Waals surface area contributed by atoms with Crippen LogP contribution in [0.2, 0.25) is 0 Å². The highest BCUT2D eigenvalue weighted by Gasteiger charge is 2.23. The molecule has 0 unspecified atom stereocenters. The van der Waals surface area contributed by atoms with Gasteiger partial charge in [0.2, 0.25) is 0 Å². The molecular formula is C26H30N2O. The van der Waals surface area contributed by atoms with Gasteiger partial charge in [0.25, 0.3) is 0 Å². The van der Waals surface area contributed by atoms with Crippen LogP contribution in [0.5, 0.6) is 0 Å². The smallest absolute Gasteiger partial charge is 0.307 e. The maximum absolute atomic E-state index is 13.5. The van der Waals surface area contributed by atoms with Gasteiger partial charge >= 0.3 is 6.03 Å². The molecule has 0 aliphatic rings. The van der Waals surface area contributed by atoms with Crippen molar-refractivity contribution in [2.24, 2.45) is 0 Å². The summed E-state index contributed by atoms with van der Waals surface area (Å²) in [7, 11) is 0. The van der Waals surface area contributed by atoms with E-state index in [0.717, 1.165) is 33.6 Å². The molecular weight excluding hydrogens is 356 g/mol. The first kappa shape index (κ1) is 20.7. The number of benzene rings is 3. The quantitative estimate of drug-likeness (QED) is 0.523. The lowest BCUT2D eigenvalue weighted by Crippen LogP contribution is -2.36. The Kier molecular flexibility index (Phi) is 6.07. The van der Waals surface area contributed by atoms with E-state index in [1.54, 1.807) is 0 Å². The van der Waals surface area contributed by atoms with Crippen LogP contribution in [-0.4, -0.2) is 6.03 Å². The van der Waals surface area contributed by atoms with Crippen LogP contribution < -0.4 is 10.2 Å². The summed E-state index contributed by atoms with van der Waals surface area (Å²) in [5.41, 5.74) is 6.13. The molecule has 0 spiro atoms. The fraction of sp³-hybridized carbons (Fsp3) is 0.269. The van der Waals surface area contributed by atoms with Gasteiger partial charge in [-0.15, -0.1) is 0 Å². The summed E-state index contributed by atoms with van der Waals surface area (Å²) < 4.78 is 0. The van der Waals surface area contributed by atoms with Crippen LogP contribution in [0, 0.1) is 13.8 Å². The molecule has 0 saturated heterocycles. The molecule has 0 aliphatic heterocycles. The molecule has 3 aromatic rings. The monoisotopic (exact) mass is 386 g/mol. The number of nitrogens with zero attached hydrogens (tertiary/aromatic N) is 1. The van der Waals surface area contributed by atoms with Gasteiger partial charge in [0, 0.05) is 5.69 Å². The largest absolute Gasteiger partial charge is 0.326 e. The molecule has 3 nitrogen and oxygen atoms in total. The van der Waals surface area contributed by atoms with E-state index in [0.29, 0.717) is 6.54 Å². The highest BCUT2D eigenvalue weighted by molar-refractivity contribution is 6.03. The third-order valence-corrected chi connectivity index (χ3v) is 5.11. The maximum atomic E-state index is 13.5. The van der Waals surface area contributed by atoms with Gasteiger partial charge in [0.1, 0.15) is 0 Å². The molecule has 150 valence electrons. The Labute approximate surface area is 174 Å². The minimum Gasteiger partial charge on any atom is -0.307 e. The third-order valence-electron chi connectivity index (χ3n) is 5.11. The first-order valence-corrected chi connectivity index (χ1v) is 10.1. The van der Waals surface area contributed by atoms with Gasteiger partial charge in [0.15, 0.2) is 0 Å². The molecule has 0 saturated carbocycles. The average Bonchev–Trinajstić information content (AvgIpc) is 2.67. The second kappa shape index (κ2) is 8.52. The van der Waals surface area contributed by atoms with Crippen molar-refractivity contribution < 1.29 is 4.79 Å². The third kappa shape index (κ3) is 4.86. The molecule has 0 aromatic heterocycles. The Hall–Kier alpha value is -3.07. The van der Waals surface area contributed by atoms with Crippen molar-refractivity contribution in [3.63, 3.8) is 0 Å². The Morgan fingerprint density at radius 1 is 0.828 bits per heavy atom. The molecule has 3 rings (SSSR count). The predicted octanol–water partition coefficient (Wildman–Crippen LogP) is 6.84. The van der Waals surface area contributed by atoms with Crippen LogP contribution in [0.1, 0.15) is 43.0 Å². The highest BCUT2D eigenvalue weighted by Crippen LogP contribution is 2.31. The normalized spacial score (nSPS) is 11.2. The number of amides is 2. The SMILES string of the molecule is Cc1cccc(C)c1N(Cc1ccccc1)C(=O)Nc1ccccc1C(C)(C)C. The molecule has 2 amide bonds. The summed E-state index contributed by atoms with van der Waals surface area (Å²) in [5.74, 6) is 0. The second-order valence-corrected chi connectivity index (χ2v) is 8.54. The van der Waals surface area contributed by atoms with Crippen molar-refractivity contribution in [3.05, 3.63) is 95.1 Å². The van der Waals surface area contributed by atoms with Crippen molar-refractivity contribution in [3.8, 4) is 0 Å². The van der Waals surface area contributed by atoms with Gasteiger partial charge in [-0.05, 0) is 47.6 Å². The van der Waals surface area contributed by atoms with E-state index in [2.05, 4.69) is 70.3 Å². The van der Waals surface area contributed by atoms with E-state index < -0.39 is 0 Å². The van der Waals surface area contributed by atoms with Gasteiger partial charge in [0.05, 0.1) is 12.2 Å². The number of carbonyl (C=O) groups excluding carboxylic acids is 1. The molecule has 0 radical (unpaired) electrons. The second-order valence-electron chi connectivity index (χ2n) is 8.54. The van der Waals surface area contributed by atoms with Gasteiger partial charge in [-0.3, -0.25) is 4.90 Å². The number of para-hydroxylation sites is 2. The Balaban J connectivity index is 2.00. The first-order valence-electron chi connectivity index (χ1n) is 10.1. The first-order chi connectivity index (χ1) is 13.8. The van der Waals surface area contributed by atoms with Gasteiger partial charge in [-0.2, -0.15) is 0 Å². The van der Waals surface area contributed by atoms with E-state index in [4.69, 9.17) is 0 Å². The molecule has 0 heterocycles. The Bertz CT molecular complexity index is 967. The zero-order valence-electron chi connectivity index (χ0n) is 18.0. The molecule has 3 aromatic carbocycles. The van der Waals surface area contributed by atoms with E-state index >= 15 is 0 Å². The predicted molar refractivity (Wildman–Crippen MR) is 123 cm³/mol. The van der Waals surface area contributed by atoms with Crippen LogP contribution >= 0.6 is 0 Å². The minimum absolute atomic E-state index is 0.0628. The zero-order valence-corrected chi connectivity index (χ0v) is 18.0. The lowest BCUT2D eigenvalue weighted by Gasteiger charge is -2.29. The van der Waals surface area contributed by atoms with Crippen molar-refractivity contribution in [2.45, 2.75) is 46.6 Å². The summed E-state index contributed by atoms with van der Waals surface area (Å²) >= 11 is 0. The van der Waals surface area contributed by atoms with Crippen LogP contribution in [0.25, 0.3) is 0 Å². The highest BCUT2D eigenvalue weighted by atomic mass is 16.2. The molecule has 3 heteroatoms. The number of aryl methyl sites for hydroxylation is 2. The lowest BCUT2D eigenvalue weighted by atomic mass is 9.86. The summed E-state index contributed by atoms with van der Waals surface area (Å²) in [6, 6.07) is 24.2. The summed E-state index contributed by atoms with van der Waals surface area (Å²) in [5, 5.41) is 3.18. The fourth-order valence-electron chi connectivity index (χ4n) is 3.68. The Morgan fingerprint density at radius 2 is 1.41 bits per heavy atom. The lowest BCUT2D eigenvalue weighted by molar-refractivity contribution is 0.256. The molecule has 1 N–H and O–H groups in total. The summed E-state index contributed by atoms with van der Waals surface area (Å²) in [6.45, 7) is 11.1. The van der Waals surface area contributed by atoms with Crippen molar-refractivity contribution in [1.82, 2.24) is 0 Å². The Morgan fingerprint density at radius 3 is 2.03 bits per heavy atom. The van der Waals surface area contributed by atoms with Crippen LogP contribution in [0.15, 0.2) is 72.8 Å². The maximum Gasteiger partial charge on any atom is 0.326 e. The van der Waals surface area contributed by atoms with Crippen LogP contribution in [0.3, 0.4) is 0 Å². The van der Waals surface area contributed by atoms with Gasteiger partial charge in [-0.1, -0.05) is 87.5 Å². The van der Waals surface area contributed by atoms with Crippen molar-refractivity contribution >= 4 is 17.4 Å². The molecule has 0 atom stereocenters.